The molecule has 0 aromatic carbocycles. The third-order valence-corrected chi connectivity index (χ3v) is 9.76. The smallest absolute Gasteiger partial charge is 0.317 e. The van der Waals surface area contributed by atoms with Crippen molar-refractivity contribution < 1.29 is 79.8 Å². The van der Waals surface area contributed by atoms with E-state index in [4.69, 9.17) is 20.4 Å². The Hall–Kier alpha value is -3.66. The number of carboxylic acid groups (broad SMARTS) is 6. The van der Waals surface area contributed by atoms with E-state index in [0.29, 0.717) is 58.9 Å². The Morgan fingerprint density at radius 1 is 0.390 bits per heavy atom. The molecule has 10 N–H and O–H groups in total. The molecule has 0 aromatic rings. The Morgan fingerprint density at radius 2 is 0.610 bits per heavy atom. The number of rotatable bonds is 18. The maximum absolute atomic E-state index is 11.2. The molecule has 2 heterocycles. The molecular weight excluding hydrogens is 788 g/mol. The van der Waals surface area contributed by atoms with Crippen molar-refractivity contribution in [1.29, 1.82) is 0 Å². The van der Waals surface area contributed by atoms with Crippen LogP contribution in [0.4, 0.5) is 0 Å². The number of aliphatic hydroxyl groups excluding tert-OH is 4. The van der Waals surface area contributed by atoms with Crippen LogP contribution in [0.5, 0.6) is 0 Å². The number of aliphatic carboxylic acids is 6. The number of aliphatic hydroxyl groups is 4. The molecule has 24 nitrogen and oxygen atoms in total. The lowest BCUT2D eigenvalue weighted by molar-refractivity contribution is -0.140. The number of carboxylic acids is 6. The van der Waals surface area contributed by atoms with Gasteiger partial charge < -0.3 is 51.1 Å². The Morgan fingerprint density at radius 3 is 0.797 bits per heavy atom. The Kier molecular flexibility index (Phi) is 26.7. The summed E-state index contributed by atoms with van der Waals surface area (Å²) < 4.78 is 0. The first-order chi connectivity index (χ1) is 27.8. The molecule has 2 aliphatic rings. The first-order valence-electron chi connectivity index (χ1n) is 19.5. The minimum Gasteiger partial charge on any atom is -0.480 e. The topological polar surface area (TPSA) is 331 Å². The highest BCUT2D eigenvalue weighted by molar-refractivity contribution is 5.70. The first-order valence-corrected chi connectivity index (χ1v) is 19.5. The van der Waals surface area contributed by atoms with Crippen LogP contribution in [-0.2, 0) is 28.8 Å². The van der Waals surface area contributed by atoms with Crippen LogP contribution in [0.25, 0.3) is 0 Å². The average molecular weight is 855 g/mol. The van der Waals surface area contributed by atoms with E-state index in [1.165, 1.54) is 0 Å². The number of carbonyl (C=O) groups is 6. The lowest BCUT2D eigenvalue weighted by Gasteiger charge is -2.37. The van der Waals surface area contributed by atoms with Gasteiger partial charge in [0.05, 0.1) is 70.7 Å². The molecule has 0 spiro atoms. The lowest BCUT2D eigenvalue weighted by Crippen LogP contribution is -2.54. The quantitative estimate of drug-likeness (QED) is 0.0614. The van der Waals surface area contributed by atoms with Crippen molar-refractivity contribution in [2.45, 2.75) is 25.2 Å². The predicted octanol–water partition coefficient (Wildman–Crippen LogP) is -5.98. The normalized spacial score (nSPS) is 20.9. The van der Waals surface area contributed by atoms with Crippen LogP contribution in [0.15, 0.2) is 0 Å². The van der Waals surface area contributed by atoms with E-state index in [9.17, 15) is 59.4 Å². The first kappa shape index (κ1) is 53.4. The van der Waals surface area contributed by atoms with E-state index in [2.05, 4.69) is 0 Å². The second-order valence-electron chi connectivity index (χ2n) is 14.7. The summed E-state index contributed by atoms with van der Waals surface area (Å²) in [5.41, 5.74) is 0. The molecule has 59 heavy (non-hydrogen) atoms. The van der Waals surface area contributed by atoms with Crippen LogP contribution in [0, 0.1) is 0 Å². The Balaban J connectivity index is 0.000000593. The fraction of sp³-hybridized carbons (Fsp3) is 0.829. The third kappa shape index (κ3) is 25.5. The fourth-order valence-corrected chi connectivity index (χ4v) is 6.72. The predicted molar refractivity (Wildman–Crippen MR) is 208 cm³/mol. The maximum atomic E-state index is 11.2. The molecule has 3 atom stereocenters. The molecule has 0 amide bonds. The van der Waals surface area contributed by atoms with Gasteiger partial charge in [-0.2, -0.15) is 0 Å². The average Bonchev–Trinajstić information content (AvgIpc) is 3.12. The molecule has 3 unspecified atom stereocenters. The van der Waals surface area contributed by atoms with E-state index >= 15 is 0 Å². The van der Waals surface area contributed by atoms with E-state index < -0.39 is 67.3 Å². The van der Waals surface area contributed by atoms with Crippen LogP contribution in [-0.4, -0.2) is 308 Å². The van der Waals surface area contributed by atoms with Crippen LogP contribution in [0.1, 0.15) is 6.92 Å². The molecular formula is C35H66N8O16. The summed E-state index contributed by atoms with van der Waals surface area (Å²) >= 11 is 0. The molecule has 2 fully saturated rings. The van der Waals surface area contributed by atoms with Gasteiger partial charge in [-0.3, -0.25) is 68.0 Å². The minimum atomic E-state index is -1.22. The van der Waals surface area contributed by atoms with Crippen molar-refractivity contribution >= 4 is 35.8 Å². The summed E-state index contributed by atoms with van der Waals surface area (Å²) in [6.45, 7) is 5.49. The van der Waals surface area contributed by atoms with Gasteiger partial charge in [0, 0.05) is 111 Å². The molecule has 0 radical (unpaired) electrons. The van der Waals surface area contributed by atoms with Crippen molar-refractivity contribution in [1.82, 2.24) is 39.2 Å². The molecule has 2 saturated heterocycles. The monoisotopic (exact) mass is 854 g/mol. The third-order valence-electron chi connectivity index (χ3n) is 9.76. The van der Waals surface area contributed by atoms with Gasteiger partial charge in [0.15, 0.2) is 0 Å². The number of β-amino-alcohol motifs (C(OH)–C–C–N with tert-alkyl or cyclic N) is 1. The molecule has 2 aliphatic heterocycles. The zero-order chi connectivity index (χ0) is 44.5. The summed E-state index contributed by atoms with van der Waals surface area (Å²) in [4.78, 5) is 80.9. The van der Waals surface area contributed by atoms with E-state index in [1.807, 2.05) is 4.90 Å². The van der Waals surface area contributed by atoms with Crippen LogP contribution >= 0.6 is 0 Å². The van der Waals surface area contributed by atoms with Crippen molar-refractivity contribution in [3.8, 4) is 0 Å². The number of nitrogens with zero attached hydrogens (tertiary/aromatic N) is 8. The molecule has 0 saturated carbocycles. The van der Waals surface area contributed by atoms with E-state index in [-0.39, 0.29) is 91.6 Å². The summed E-state index contributed by atoms with van der Waals surface area (Å²) in [5.74, 6) is -5.99. The molecule has 24 heteroatoms. The largest absolute Gasteiger partial charge is 0.480 e. The summed E-state index contributed by atoms with van der Waals surface area (Å²) in [7, 11) is 0. The Bertz CT molecular complexity index is 1220. The highest BCUT2D eigenvalue weighted by Gasteiger charge is 2.28. The number of hydrogen-bond acceptors (Lipinski definition) is 18. The van der Waals surface area contributed by atoms with Gasteiger partial charge in [-0.15, -0.1) is 0 Å². The van der Waals surface area contributed by atoms with E-state index in [1.54, 1.807) is 41.2 Å². The molecule has 2 rings (SSSR count). The van der Waals surface area contributed by atoms with Gasteiger partial charge in [-0.25, -0.2) is 0 Å². The standard InChI is InChI=1S/C18H34N4O9.C17H32N4O7/c23-12-14(15(25)13-24)22-7-5-20(10-17(28)29)3-1-19(9-16(26)27)2-4-21(6-8-22)11-18(30)31;1-14(22)10-18-2-4-19(11-15(23)24)6-8-21(13-17(27)28)9-7-20(5-3-18)12-16(25)26/h14-15,23-25H,1-13H2,(H,26,27)(H,28,29)(H,30,31);14,22H,2-13H2,1H3,(H,23,24)(H,25,26)(H,27,28). The SMILES string of the molecule is CC(O)CN1CCN(CC(=O)O)CCN(CC(=O)O)CCN(CC(=O)O)CC1.O=C(O)CN1CCN(CC(=O)O)CCN(C(CO)C(O)CO)CCN(CC(=O)O)CC1. The van der Waals surface area contributed by atoms with Crippen LogP contribution < -0.4 is 0 Å². The molecule has 0 bridgehead atoms. The van der Waals surface area contributed by atoms with Crippen molar-refractivity contribution in [2.24, 2.45) is 0 Å². The fourth-order valence-electron chi connectivity index (χ4n) is 6.72. The minimum absolute atomic E-state index is 0.144. The van der Waals surface area contributed by atoms with Gasteiger partial charge in [0.1, 0.15) is 0 Å². The zero-order valence-electron chi connectivity index (χ0n) is 33.9. The highest BCUT2D eigenvalue weighted by atomic mass is 16.4. The molecule has 0 aliphatic carbocycles. The van der Waals surface area contributed by atoms with Crippen molar-refractivity contribution in [3.63, 3.8) is 0 Å². The van der Waals surface area contributed by atoms with Gasteiger partial charge in [0.2, 0.25) is 0 Å². The molecule has 0 aromatic heterocycles. The second kappa shape index (κ2) is 29.5. The van der Waals surface area contributed by atoms with Gasteiger partial charge in [0.25, 0.3) is 0 Å². The van der Waals surface area contributed by atoms with Crippen molar-refractivity contribution in [3.05, 3.63) is 0 Å². The molecule has 342 valence electrons. The lowest BCUT2D eigenvalue weighted by atomic mass is 10.1. The highest BCUT2D eigenvalue weighted by Crippen LogP contribution is 2.09. The zero-order valence-corrected chi connectivity index (χ0v) is 33.9. The Labute approximate surface area is 343 Å². The van der Waals surface area contributed by atoms with Gasteiger partial charge in [-0.1, -0.05) is 0 Å². The van der Waals surface area contributed by atoms with E-state index in [0.717, 1.165) is 0 Å². The summed E-state index contributed by atoms with van der Waals surface area (Å²) in [6, 6.07) is -0.796. The number of hydrogen-bond donors (Lipinski definition) is 10. The van der Waals surface area contributed by atoms with Gasteiger partial charge >= 0.3 is 35.8 Å². The van der Waals surface area contributed by atoms with Gasteiger partial charge in [-0.05, 0) is 6.92 Å². The second-order valence-corrected chi connectivity index (χ2v) is 14.7. The van der Waals surface area contributed by atoms with Crippen LogP contribution in [0.2, 0.25) is 0 Å². The summed E-state index contributed by atoms with van der Waals surface area (Å²) in [5, 5.41) is 93.7. The van der Waals surface area contributed by atoms with Crippen LogP contribution in [0.3, 0.4) is 0 Å². The summed E-state index contributed by atoms with van der Waals surface area (Å²) in [6.07, 6.45) is -1.77. The van der Waals surface area contributed by atoms with Crippen molar-refractivity contribution in [2.75, 3.05) is 164 Å². The maximum Gasteiger partial charge on any atom is 0.317 e.